The molecule has 5 heteroatoms. The van der Waals surface area contributed by atoms with Crippen molar-refractivity contribution in [2.24, 2.45) is 5.73 Å². The first kappa shape index (κ1) is 13.2. The SMILES string of the molecule is NC(=O)C1(Nc2cccc(Cl)c2)CCCOCC1. The number of ether oxygens (including phenoxy) is 1. The molecule has 0 aromatic heterocycles. The van der Waals surface area contributed by atoms with Crippen molar-refractivity contribution < 1.29 is 9.53 Å². The second-order valence-electron chi connectivity index (χ2n) is 4.55. The zero-order valence-electron chi connectivity index (χ0n) is 10.1. The summed E-state index contributed by atoms with van der Waals surface area (Å²) in [6, 6.07) is 7.30. The summed E-state index contributed by atoms with van der Waals surface area (Å²) in [7, 11) is 0. The lowest BCUT2D eigenvalue weighted by Gasteiger charge is -2.31. The summed E-state index contributed by atoms with van der Waals surface area (Å²) in [5.41, 5.74) is 5.64. The Hall–Kier alpha value is -1.26. The van der Waals surface area contributed by atoms with Crippen LogP contribution in [-0.2, 0) is 9.53 Å². The highest BCUT2D eigenvalue weighted by atomic mass is 35.5. The number of carbonyl (C=O) groups is 1. The maximum absolute atomic E-state index is 11.8. The normalized spacial score (nSPS) is 24.3. The van der Waals surface area contributed by atoms with Crippen molar-refractivity contribution in [1.29, 1.82) is 0 Å². The highest BCUT2D eigenvalue weighted by molar-refractivity contribution is 6.30. The van der Waals surface area contributed by atoms with Gasteiger partial charge in [0.05, 0.1) is 0 Å². The Bertz CT molecular complexity index is 429. The van der Waals surface area contributed by atoms with Crippen LogP contribution < -0.4 is 11.1 Å². The fraction of sp³-hybridized carbons (Fsp3) is 0.462. The van der Waals surface area contributed by atoms with Crippen LogP contribution in [0.3, 0.4) is 0 Å². The molecule has 1 fully saturated rings. The summed E-state index contributed by atoms with van der Waals surface area (Å²) >= 11 is 5.94. The number of nitrogens with two attached hydrogens (primary N) is 1. The monoisotopic (exact) mass is 268 g/mol. The van der Waals surface area contributed by atoms with Crippen molar-refractivity contribution in [3.8, 4) is 0 Å². The molecular weight excluding hydrogens is 252 g/mol. The number of nitrogens with one attached hydrogen (secondary N) is 1. The zero-order valence-corrected chi connectivity index (χ0v) is 10.9. The largest absolute Gasteiger partial charge is 0.381 e. The third-order valence-corrected chi connectivity index (χ3v) is 3.48. The van der Waals surface area contributed by atoms with Crippen LogP contribution in [-0.4, -0.2) is 24.7 Å². The number of primary amides is 1. The number of anilines is 1. The molecule has 98 valence electrons. The number of amides is 1. The van der Waals surface area contributed by atoms with Crippen LogP contribution >= 0.6 is 11.6 Å². The summed E-state index contributed by atoms with van der Waals surface area (Å²) in [4.78, 5) is 11.8. The van der Waals surface area contributed by atoms with Gasteiger partial charge in [0.15, 0.2) is 0 Å². The summed E-state index contributed by atoms with van der Waals surface area (Å²) < 4.78 is 5.39. The molecule has 2 rings (SSSR count). The van der Waals surface area contributed by atoms with Crippen molar-refractivity contribution >= 4 is 23.2 Å². The van der Waals surface area contributed by atoms with Crippen molar-refractivity contribution in [3.63, 3.8) is 0 Å². The smallest absolute Gasteiger partial charge is 0.243 e. The van der Waals surface area contributed by atoms with Gasteiger partial charge in [-0.3, -0.25) is 4.79 Å². The molecule has 18 heavy (non-hydrogen) atoms. The summed E-state index contributed by atoms with van der Waals surface area (Å²) in [5.74, 6) is -0.340. The highest BCUT2D eigenvalue weighted by Gasteiger charge is 2.37. The molecule has 1 atom stereocenters. The lowest BCUT2D eigenvalue weighted by atomic mass is 9.89. The fourth-order valence-electron chi connectivity index (χ4n) is 2.22. The minimum Gasteiger partial charge on any atom is -0.381 e. The van der Waals surface area contributed by atoms with Crippen LogP contribution in [0.25, 0.3) is 0 Å². The standard InChI is InChI=1S/C13H17ClN2O2/c14-10-3-1-4-11(9-10)16-13(12(15)17)5-2-7-18-8-6-13/h1,3-4,9,16H,2,5-8H2,(H2,15,17). The van der Waals surface area contributed by atoms with E-state index in [9.17, 15) is 4.79 Å². The molecular formula is C13H17ClN2O2. The fourth-order valence-corrected chi connectivity index (χ4v) is 2.42. The van der Waals surface area contributed by atoms with Crippen LogP contribution in [0.4, 0.5) is 5.69 Å². The summed E-state index contributed by atoms with van der Waals surface area (Å²) in [5, 5.41) is 3.86. The minimum absolute atomic E-state index is 0.340. The maximum Gasteiger partial charge on any atom is 0.243 e. The third kappa shape index (κ3) is 2.94. The minimum atomic E-state index is -0.735. The first-order chi connectivity index (χ1) is 8.62. The lowest BCUT2D eigenvalue weighted by molar-refractivity contribution is -0.122. The Kier molecular flexibility index (Phi) is 4.09. The first-order valence-electron chi connectivity index (χ1n) is 6.04. The van der Waals surface area contributed by atoms with E-state index in [-0.39, 0.29) is 5.91 Å². The van der Waals surface area contributed by atoms with Crippen LogP contribution in [0.5, 0.6) is 0 Å². The Balaban J connectivity index is 2.22. The van der Waals surface area contributed by atoms with Gasteiger partial charge >= 0.3 is 0 Å². The molecule has 1 heterocycles. The molecule has 1 aliphatic heterocycles. The number of rotatable bonds is 3. The molecule has 1 unspecified atom stereocenters. The van der Waals surface area contributed by atoms with Gasteiger partial charge in [0, 0.05) is 30.3 Å². The molecule has 3 N–H and O–H groups in total. The van der Waals surface area contributed by atoms with Gasteiger partial charge in [0.2, 0.25) is 5.91 Å². The van der Waals surface area contributed by atoms with Gasteiger partial charge in [-0.05, 0) is 31.0 Å². The summed E-state index contributed by atoms with van der Waals surface area (Å²) in [6.07, 6.45) is 2.07. The van der Waals surface area contributed by atoms with Crippen molar-refractivity contribution in [3.05, 3.63) is 29.3 Å². The van der Waals surface area contributed by atoms with E-state index in [2.05, 4.69) is 5.32 Å². The van der Waals surface area contributed by atoms with Gasteiger partial charge in [-0.2, -0.15) is 0 Å². The Labute approximate surface area is 111 Å². The second kappa shape index (κ2) is 5.59. The Morgan fingerprint density at radius 3 is 2.94 bits per heavy atom. The van der Waals surface area contributed by atoms with E-state index in [1.165, 1.54) is 0 Å². The average Bonchev–Trinajstić information content (AvgIpc) is 2.55. The van der Waals surface area contributed by atoms with Crippen molar-refractivity contribution in [2.75, 3.05) is 18.5 Å². The van der Waals surface area contributed by atoms with Crippen molar-refractivity contribution in [1.82, 2.24) is 0 Å². The van der Waals surface area contributed by atoms with Gasteiger partial charge < -0.3 is 15.8 Å². The number of carbonyl (C=O) groups excluding carboxylic acids is 1. The van der Waals surface area contributed by atoms with Gasteiger partial charge in [0.25, 0.3) is 0 Å². The summed E-state index contributed by atoms with van der Waals surface area (Å²) in [6.45, 7) is 1.21. The lowest BCUT2D eigenvalue weighted by Crippen LogP contribution is -2.50. The topological polar surface area (TPSA) is 64.4 Å². The quantitative estimate of drug-likeness (QED) is 0.883. The molecule has 1 aromatic rings. The average molecular weight is 269 g/mol. The highest BCUT2D eigenvalue weighted by Crippen LogP contribution is 2.27. The van der Waals surface area contributed by atoms with Crippen molar-refractivity contribution in [2.45, 2.75) is 24.8 Å². The first-order valence-corrected chi connectivity index (χ1v) is 6.42. The van der Waals surface area contributed by atoms with Gasteiger partial charge in [-0.25, -0.2) is 0 Å². The van der Waals surface area contributed by atoms with Crippen LogP contribution in [0.15, 0.2) is 24.3 Å². The number of halogens is 1. The Morgan fingerprint density at radius 1 is 1.39 bits per heavy atom. The van der Waals surface area contributed by atoms with E-state index in [0.717, 1.165) is 12.1 Å². The van der Waals surface area contributed by atoms with E-state index in [4.69, 9.17) is 22.1 Å². The molecule has 1 aliphatic rings. The van der Waals surface area contributed by atoms with Crippen LogP contribution in [0.2, 0.25) is 5.02 Å². The van der Waals surface area contributed by atoms with E-state index in [1.807, 2.05) is 12.1 Å². The third-order valence-electron chi connectivity index (χ3n) is 3.25. The number of benzene rings is 1. The molecule has 1 amide bonds. The number of hydrogen-bond donors (Lipinski definition) is 2. The van der Waals surface area contributed by atoms with Gasteiger partial charge in [-0.15, -0.1) is 0 Å². The van der Waals surface area contributed by atoms with Crippen LogP contribution in [0.1, 0.15) is 19.3 Å². The maximum atomic E-state index is 11.8. The molecule has 0 spiro atoms. The predicted octanol–water partition coefficient (Wildman–Crippen LogP) is 2.18. The number of hydrogen-bond acceptors (Lipinski definition) is 3. The molecule has 1 saturated heterocycles. The molecule has 0 bridgehead atoms. The Morgan fingerprint density at radius 2 is 2.22 bits per heavy atom. The molecule has 0 saturated carbocycles. The van der Waals surface area contributed by atoms with E-state index >= 15 is 0 Å². The molecule has 1 aromatic carbocycles. The van der Waals surface area contributed by atoms with Gasteiger partial charge in [-0.1, -0.05) is 17.7 Å². The van der Waals surface area contributed by atoms with E-state index < -0.39 is 5.54 Å². The zero-order chi connectivity index (χ0) is 13.0. The molecule has 0 radical (unpaired) electrons. The predicted molar refractivity (Wildman–Crippen MR) is 71.7 cm³/mol. The van der Waals surface area contributed by atoms with E-state index in [1.54, 1.807) is 12.1 Å². The molecule has 0 aliphatic carbocycles. The van der Waals surface area contributed by atoms with E-state index in [0.29, 0.717) is 31.1 Å². The molecule has 4 nitrogen and oxygen atoms in total. The van der Waals surface area contributed by atoms with Crippen LogP contribution in [0, 0.1) is 0 Å². The second-order valence-corrected chi connectivity index (χ2v) is 4.98. The van der Waals surface area contributed by atoms with Gasteiger partial charge in [0.1, 0.15) is 5.54 Å².